The molecule has 0 N–H and O–H groups in total. The minimum absolute atomic E-state index is 0.212. The quantitative estimate of drug-likeness (QED) is 0.337. The van der Waals surface area contributed by atoms with E-state index in [0.29, 0.717) is 23.4 Å². The van der Waals surface area contributed by atoms with Crippen molar-refractivity contribution in [2.75, 3.05) is 0 Å². The zero-order valence-electron chi connectivity index (χ0n) is 12.1. The van der Waals surface area contributed by atoms with Gasteiger partial charge in [-0.05, 0) is 12.1 Å². The summed E-state index contributed by atoms with van der Waals surface area (Å²) in [5.74, 6) is -0.684. The van der Waals surface area contributed by atoms with Crippen molar-refractivity contribution in [1.82, 2.24) is 4.98 Å². The lowest BCUT2D eigenvalue weighted by Crippen LogP contribution is -2.11. The van der Waals surface area contributed by atoms with E-state index in [1.165, 1.54) is 12.1 Å². The number of allylic oxidation sites excluding steroid dienone is 2. The van der Waals surface area contributed by atoms with Gasteiger partial charge in [-0.3, -0.25) is 4.79 Å². The molecule has 2 nitrogen and oxygen atoms in total. The van der Waals surface area contributed by atoms with Gasteiger partial charge in [-0.1, -0.05) is 54.2 Å². The standard InChI is InChI=1S/C17H10F3NOS2/c18-17(19,20)15(10-13(22)11-6-2-1-3-7-11)24-16-21-12-8-4-5-9-14(12)23-16/h1-10H/b15-10-. The van der Waals surface area contributed by atoms with Crippen LogP contribution in [0.5, 0.6) is 0 Å². The van der Waals surface area contributed by atoms with Gasteiger partial charge in [-0.2, -0.15) is 13.2 Å². The molecule has 0 aliphatic heterocycles. The van der Waals surface area contributed by atoms with Crippen molar-refractivity contribution in [3.63, 3.8) is 0 Å². The van der Waals surface area contributed by atoms with E-state index in [0.717, 1.165) is 16.0 Å². The molecule has 0 radical (unpaired) electrons. The number of fused-ring (bicyclic) bond motifs is 1. The topological polar surface area (TPSA) is 30.0 Å². The molecule has 0 aliphatic carbocycles. The van der Waals surface area contributed by atoms with Gasteiger partial charge < -0.3 is 0 Å². The fourth-order valence-corrected chi connectivity index (χ4v) is 3.98. The number of alkyl halides is 3. The first kappa shape index (κ1) is 16.7. The number of rotatable bonds is 4. The first-order valence-electron chi connectivity index (χ1n) is 6.85. The molecule has 3 rings (SSSR count). The molecule has 0 spiro atoms. The summed E-state index contributed by atoms with van der Waals surface area (Å²) in [7, 11) is 0. The van der Waals surface area contributed by atoms with Crippen LogP contribution in [0.4, 0.5) is 13.2 Å². The van der Waals surface area contributed by atoms with Crippen LogP contribution in [-0.4, -0.2) is 16.9 Å². The highest BCUT2D eigenvalue weighted by molar-refractivity contribution is 8.04. The maximum absolute atomic E-state index is 13.3. The number of thiazole rings is 1. The van der Waals surface area contributed by atoms with Crippen LogP contribution in [0.2, 0.25) is 0 Å². The molecular formula is C17H10F3NOS2. The number of ketones is 1. The highest BCUT2D eigenvalue weighted by Gasteiger charge is 2.36. The normalized spacial score (nSPS) is 12.5. The van der Waals surface area contributed by atoms with Crippen LogP contribution in [0.1, 0.15) is 10.4 Å². The molecule has 7 heteroatoms. The van der Waals surface area contributed by atoms with Gasteiger partial charge in [0.25, 0.3) is 0 Å². The van der Waals surface area contributed by atoms with Crippen molar-refractivity contribution in [2.45, 2.75) is 10.5 Å². The number of carbonyl (C=O) groups excluding carboxylic acids is 1. The molecule has 2 aromatic carbocycles. The van der Waals surface area contributed by atoms with E-state index >= 15 is 0 Å². The first-order chi connectivity index (χ1) is 11.4. The lowest BCUT2D eigenvalue weighted by atomic mass is 10.1. The number of benzene rings is 2. The van der Waals surface area contributed by atoms with E-state index in [9.17, 15) is 18.0 Å². The summed E-state index contributed by atoms with van der Waals surface area (Å²) in [5, 5.41) is 0. The third kappa shape index (κ3) is 3.85. The van der Waals surface area contributed by atoms with E-state index in [1.54, 1.807) is 42.5 Å². The number of thioether (sulfide) groups is 1. The van der Waals surface area contributed by atoms with Crippen LogP contribution in [0.3, 0.4) is 0 Å². The second-order valence-corrected chi connectivity index (χ2v) is 7.11. The minimum Gasteiger partial charge on any atom is -0.289 e. The van der Waals surface area contributed by atoms with Crippen molar-refractivity contribution < 1.29 is 18.0 Å². The summed E-state index contributed by atoms with van der Waals surface area (Å²) in [6.45, 7) is 0. The maximum Gasteiger partial charge on any atom is 0.422 e. The minimum atomic E-state index is -4.62. The molecule has 0 fully saturated rings. The maximum atomic E-state index is 13.3. The third-order valence-electron chi connectivity index (χ3n) is 3.07. The molecule has 0 bridgehead atoms. The number of halogens is 3. The summed E-state index contributed by atoms with van der Waals surface area (Å²) in [6, 6.07) is 15.0. The smallest absolute Gasteiger partial charge is 0.289 e. The van der Waals surface area contributed by atoms with E-state index in [4.69, 9.17) is 0 Å². The van der Waals surface area contributed by atoms with Crippen molar-refractivity contribution in [3.05, 3.63) is 71.1 Å². The summed E-state index contributed by atoms with van der Waals surface area (Å²) < 4.78 is 40.9. The van der Waals surface area contributed by atoms with E-state index in [1.807, 2.05) is 0 Å². The van der Waals surface area contributed by atoms with Crippen LogP contribution in [0.25, 0.3) is 10.2 Å². The average molecular weight is 365 g/mol. The molecule has 24 heavy (non-hydrogen) atoms. The van der Waals surface area contributed by atoms with Crippen molar-refractivity contribution in [3.8, 4) is 0 Å². The number of hydrogen-bond donors (Lipinski definition) is 0. The number of para-hydroxylation sites is 1. The average Bonchev–Trinajstić information content (AvgIpc) is 2.96. The Morgan fingerprint density at radius 2 is 1.71 bits per heavy atom. The Morgan fingerprint density at radius 1 is 1.04 bits per heavy atom. The fraction of sp³-hybridized carbons (Fsp3) is 0.0588. The fourth-order valence-electron chi connectivity index (χ4n) is 1.96. The van der Waals surface area contributed by atoms with E-state index in [-0.39, 0.29) is 9.90 Å². The van der Waals surface area contributed by atoms with Crippen LogP contribution >= 0.6 is 23.1 Å². The summed E-state index contributed by atoms with van der Waals surface area (Å²) in [6.07, 6.45) is -3.99. The van der Waals surface area contributed by atoms with Gasteiger partial charge in [0.2, 0.25) is 0 Å². The lowest BCUT2D eigenvalue weighted by Gasteiger charge is -2.09. The Morgan fingerprint density at radius 3 is 2.38 bits per heavy atom. The molecule has 0 amide bonds. The lowest BCUT2D eigenvalue weighted by molar-refractivity contribution is -0.0837. The van der Waals surface area contributed by atoms with E-state index in [2.05, 4.69) is 4.98 Å². The predicted molar refractivity (Wildman–Crippen MR) is 90.4 cm³/mol. The first-order valence-corrected chi connectivity index (χ1v) is 8.48. The second-order valence-electron chi connectivity index (χ2n) is 4.79. The van der Waals surface area contributed by atoms with Crippen molar-refractivity contribution in [1.29, 1.82) is 0 Å². The van der Waals surface area contributed by atoms with Gasteiger partial charge in [0.05, 0.1) is 15.1 Å². The Labute approximate surface area is 144 Å². The monoisotopic (exact) mass is 365 g/mol. The molecule has 122 valence electrons. The third-order valence-corrected chi connectivity index (χ3v) is 5.24. The molecule has 0 aliphatic rings. The number of carbonyl (C=O) groups is 1. The molecule has 0 atom stereocenters. The Hall–Kier alpha value is -2.12. The zero-order valence-corrected chi connectivity index (χ0v) is 13.7. The van der Waals surface area contributed by atoms with Crippen molar-refractivity contribution >= 4 is 39.1 Å². The number of aromatic nitrogens is 1. The summed E-state index contributed by atoms with van der Waals surface area (Å²) in [4.78, 5) is 15.3. The van der Waals surface area contributed by atoms with Crippen molar-refractivity contribution in [2.24, 2.45) is 0 Å². The van der Waals surface area contributed by atoms with Crippen LogP contribution in [0, 0.1) is 0 Å². The van der Waals surface area contributed by atoms with Crippen LogP contribution in [0.15, 0.2) is 69.9 Å². The van der Waals surface area contributed by atoms with Crippen LogP contribution < -0.4 is 0 Å². The highest BCUT2D eigenvalue weighted by atomic mass is 32.2. The molecule has 3 aromatic rings. The SMILES string of the molecule is O=C(/C=C(\Sc1nc2ccccc2s1)C(F)(F)F)c1ccccc1. The van der Waals surface area contributed by atoms with Gasteiger partial charge in [-0.15, -0.1) is 11.3 Å². The van der Waals surface area contributed by atoms with Gasteiger partial charge in [0.1, 0.15) is 0 Å². The van der Waals surface area contributed by atoms with Gasteiger partial charge in [0.15, 0.2) is 10.1 Å². The van der Waals surface area contributed by atoms with Gasteiger partial charge in [0, 0.05) is 11.6 Å². The van der Waals surface area contributed by atoms with E-state index < -0.39 is 16.9 Å². The Balaban J connectivity index is 1.92. The van der Waals surface area contributed by atoms with Gasteiger partial charge >= 0.3 is 6.18 Å². The number of nitrogens with zero attached hydrogens (tertiary/aromatic N) is 1. The number of hydrogen-bond acceptors (Lipinski definition) is 4. The Bertz CT molecular complexity index is 868. The molecule has 1 heterocycles. The largest absolute Gasteiger partial charge is 0.422 e. The predicted octanol–water partition coefficient (Wildman–Crippen LogP) is 5.72. The highest BCUT2D eigenvalue weighted by Crippen LogP contribution is 2.41. The van der Waals surface area contributed by atoms with Crippen LogP contribution in [-0.2, 0) is 0 Å². The summed E-state index contributed by atoms with van der Waals surface area (Å²) >= 11 is 1.63. The second kappa shape index (κ2) is 6.78. The molecule has 0 saturated heterocycles. The molecule has 1 aromatic heterocycles. The Kier molecular flexibility index (Phi) is 4.73. The summed E-state index contributed by atoms with van der Waals surface area (Å²) in [5.41, 5.74) is 0.852. The molecular weight excluding hydrogens is 355 g/mol. The van der Waals surface area contributed by atoms with Gasteiger partial charge in [-0.25, -0.2) is 4.98 Å². The molecule has 0 unspecified atom stereocenters. The molecule has 0 saturated carbocycles. The zero-order chi connectivity index (χ0) is 17.2.